The van der Waals surface area contributed by atoms with E-state index in [4.69, 9.17) is 9.52 Å². The number of nitrogens with zero attached hydrogens (tertiary/aromatic N) is 1. The van der Waals surface area contributed by atoms with Gasteiger partial charge in [-0.1, -0.05) is 12.1 Å². The first kappa shape index (κ1) is 18.9. The molecule has 142 valence electrons. The van der Waals surface area contributed by atoms with Crippen molar-refractivity contribution in [3.05, 3.63) is 58.0 Å². The molecule has 1 aliphatic carbocycles. The van der Waals surface area contributed by atoms with Crippen LogP contribution in [0.1, 0.15) is 62.6 Å². The van der Waals surface area contributed by atoms with Gasteiger partial charge in [0.25, 0.3) is 0 Å². The van der Waals surface area contributed by atoms with Gasteiger partial charge in [0.05, 0.1) is 6.54 Å². The van der Waals surface area contributed by atoms with E-state index >= 15 is 0 Å². The number of amides is 1. The van der Waals surface area contributed by atoms with Crippen LogP contribution in [-0.4, -0.2) is 34.7 Å². The van der Waals surface area contributed by atoms with Gasteiger partial charge >= 0.3 is 5.97 Å². The van der Waals surface area contributed by atoms with Gasteiger partial charge in [-0.3, -0.25) is 9.59 Å². The molecule has 0 saturated carbocycles. The van der Waals surface area contributed by atoms with Gasteiger partial charge < -0.3 is 14.4 Å². The Kier molecular flexibility index (Phi) is 5.44. The molecule has 6 heteroatoms. The molecule has 1 aliphatic rings. The summed E-state index contributed by atoms with van der Waals surface area (Å²) in [6, 6.07) is 7.25. The van der Waals surface area contributed by atoms with Gasteiger partial charge in [-0.2, -0.15) is 0 Å². The SMILES string of the molecule is Cc1oc(CN(C)C(=O)CCC(=O)c2ccc3c(c2)CCC3)cc1C(=O)O. The Morgan fingerprint density at radius 3 is 2.56 bits per heavy atom. The zero-order valence-electron chi connectivity index (χ0n) is 15.6. The summed E-state index contributed by atoms with van der Waals surface area (Å²) in [7, 11) is 1.61. The second kappa shape index (κ2) is 7.78. The van der Waals surface area contributed by atoms with Gasteiger partial charge in [0.1, 0.15) is 17.1 Å². The molecule has 1 aromatic heterocycles. The third kappa shape index (κ3) is 4.27. The van der Waals surface area contributed by atoms with Crippen molar-refractivity contribution in [2.24, 2.45) is 0 Å². The lowest BCUT2D eigenvalue weighted by Gasteiger charge is -2.15. The van der Waals surface area contributed by atoms with Gasteiger partial charge in [0.2, 0.25) is 5.91 Å². The number of fused-ring (bicyclic) bond motifs is 1. The van der Waals surface area contributed by atoms with Crippen molar-refractivity contribution < 1.29 is 23.9 Å². The first-order valence-corrected chi connectivity index (χ1v) is 9.06. The number of hydrogen-bond acceptors (Lipinski definition) is 4. The van der Waals surface area contributed by atoms with Crippen molar-refractivity contribution in [3.63, 3.8) is 0 Å². The van der Waals surface area contributed by atoms with Crippen molar-refractivity contribution in [2.45, 2.75) is 45.6 Å². The minimum atomic E-state index is -1.06. The van der Waals surface area contributed by atoms with Gasteiger partial charge in [0.15, 0.2) is 5.78 Å². The van der Waals surface area contributed by atoms with E-state index in [2.05, 4.69) is 0 Å². The van der Waals surface area contributed by atoms with Crippen LogP contribution in [0.4, 0.5) is 0 Å². The van der Waals surface area contributed by atoms with Crippen molar-refractivity contribution >= 4 is 17.7 Å². The average Bonchev–Trinajstić information content (AvgIpc) is 3.24. The normalized spacial score (nSPS) is 12.7. The number of carbonyl (C=O) groups excluding carboxylic acids is 2. The fourth-order valence-corrected chi connectivity index (χ4v) is 3.46. The minimum Gasteiger partial charge on any atom is -0.478 e. The molecule has 0 aliphatic heterocycles. The highest BCUT2D eigenvalue weighted by Gasteiger charge is 2.19. The molecule has 27 heavy (non-hydrogen) atoms. The zero-order chi connectivity index (χ0) is 19.6. The molecule has 0 spiro atoms. The Balaban J connectivity index is 1.54. The highest BCUT2D eigenvalue weighted by molar-refractivity contribution is 5.98. The third-order valence-corrected chi connectivity index (χ3v) is 5.00. The summed E-state index contributed by atoms with van der Waals surface area (Å²) in [5.41, 5.74) is 3.32. The second-order valence-electron chi connectivity index (χ2n) is 7.00. The molecule has 0 fully saturated rings. The van der Waals surface area contributed by atoms with E-state index in [1.54, 1.807) is 14.0 Å². The number of aryl methyl sites for hydroxylation is 3. The highest BCUT2D eigenvalue weighted by atomic mass is 16.4. The molecule has 1 aromatic carbocycles. The lowest BCUT2D eigenvalue weighted by atomic mass is 10.0. The molecular weight excluding hydrogens is 346 g/mol. The topological polar surface area (TPSA) is 87.8 Å². The maximum absolute atomic E-state index is 12.4. The summed E-state index contributed by atoms with van der Waals surface area (Å²) in [6.45, 7) is 1.74. The number of hydrogen-bond donors (Lipinski definition) is 1. The molecule has 0 unspecified atom stereocenters. The smallest absolute Gasteiger partial charge is 0.339 e. The molecule has 0 bridgehead atoms. The van der Waals surface area contributed by atoms with Gasteiger partial charge in [-0.25, -0.2) is 4.79 Å². The summed E-state index contributed by atoms with van der Waals surface area (Å²) < 4.78 is 5.39. The van der Waals surface area contributed by atoms with E-state index in [-0.39, 0.29) is 36.6 Å². The van der Waals surface area contributed by atoms with Gasteiger partial charge in [-0.05, 0) is 49.4 Å². The zero-order valence-corrected chi connectivity index (χ0v) is 15.6. The van der Waals surface area contributed by atoms with Crippen LogP contribution in [0.5, 0.6) is 0 Å². The van der Waals surface area contributed by atoms with Gasteiger partial charge in [-0.15, -0.1) is 0 Å². The summed E-state index contributed by atoms with van der Waals surface area (Å²) >= 11 is 0. The first-order chi connectivity index (χ1) is 12.8. The van der Waals surface area contributed by atoms with E-state index in [0.717, 1.165) is 19.3 Å². The Morgan fingerprint density at radius 2 is 1.85 bits per heavy atom. The Hall–Kier alpha value is -2.89. The van der Waals surface area contributed by atoms with Crippen LogP contribution in [0.2, 0.25) is 0 Å². The Morgan fingerprint density at radius 1 is 1.11 bits per heavy atom. The molecule has 1 amide bonds. The number of aromatic carboxylic acids is 1. The second-order valence-corrected chi connectivity index (χ2v) is 7.00. The van der Waals surface area contributed by atoms with Crippen molar-refractivity contribution in [1.29, 1.82) is 0 Å². The minimum absolute atomic E-state index is 0.0338. The van der Waals surface area contributed by atoms with Crippen LogP contribution < -0.4 is 0 Å². The Labute approximate surface area is 157 Å². The summed E-state index contributed by atoms with van der Waals surface area (Å²) in [6.07, 6.45) is 3.48. The predicted molar refractivity (Wildman–Crippen MR) is 98.9 cm³/mol. The van der Waals surface area contributed by atoms with Crippen LogP contribution in [0.3, 0.4) is 0 Å². The molecule has 3 rings (SSSR count). The van der Waals surface area contributed by atoms with Crippen LogP contribution in [0.15, 0.2) is 28.7 Å². The predicted octanol–water partition coefficient (Wildman–Crippen LogP) is 3.40. The number of rotatable bonds is 7. The molecule has 0 radical (unpaired) electrons. The molecule has 0 atom stereocenters. The maximum Gasteiger partial charge on any atom is 0.339 e. The first-order valence-electron chi connectivity index (χ1n) is 9.06. The lowest BCUT2D eigenvalue weighted by Crippen LogP contribution is -2.26. The summed E-state index contributed by atoms with van der Waals surface area (Å²) in [5.74, 6) is -0.559. The summed E-state index contributed by atoms with van der Waals surface area (Å²) in [4.78, 5) is 37.2. The number of ketones is 1. The average molecular weight is 369 g/mol. The molecule has 6 nitrogen and oxygen atoms in total. The van der Waals surface area contributed by atoms with E-state index in [9.17, 15) is 14.4 Å². The number of Topliss-reactive ketones (excluding diaryl/α,β-unsaturated/α-hetero) is 1. The van der Waals surface area contributed by atoms with Crippen LogP contribution in [0, 0.1) is 6.92 Å². The highest BCUT2D eigenvalue weighted by Crippen LogP contribution is 2.23. The fourth-order valence-electron chi connectivity index (χ4n) is 3.46. The quantitative estimate of drug-likeness (QED) is 0.756. The van der Waals surface area contributed by atoms with Gasteiger partial charge in [0, 0.05) is 25.5 Å². The Bertz CT molecular complexity index is 896. The monoisotopic (exact) mass is 369 g/mol. The molecular formula is C21H23NO5. The lowest BCUT2D eigenvalue weighted by molar-refractivity contribution is -0.130. The molecule has 1 N–H and O–H groups in total. The summed E-state index contributed by atoms with van der Waals surface area (Å²) in [5, 5.41) is 9.06. The van der Waals surface area contributed by atoms with E-state index in [1.165, 1.54) is 22.1 Å². The van der Waals surface area contributed by atoms with E-state index < -0.39 is 5.97 Å². The van der Waals surface area contributed by atoms with Crippen molar-refractivity contribution in [2.75, 3.05) is 7.05 Å². The maximum atomic E-state index is 12.4. The number of carbonyl (C=O) groups is 3. The number of benzene rings is 1. The van der Waals surface area contributed by atoms with Crippen molar-refractivity contribution in [1.82, 2.24) is 4.90 Å². The van der Waals surface area contributed by atoms with Crippen LogP contribution >= 0.6 is 0 Å². The number of carboxylic acid groups (broad SMARTS) is 1. The van der Waals surface area contributed by atoms with Crippen LogP contribution in [-0.2, 0) is 24.2 Å². The number of carboxylic acids is 1. The van der Waals surface area contributed by atoms with E-state index in [0.29, 0.717) is 17.1 Å². The molecule has 0 saturated heterocycles. The molecule has 1 heterocycles. The number of furan rings is 1. The van der Waals surface area contributed by atoms with E-state index in [1.807, 2.05) is 18.2 Å². The largest absolute Gasteiger partial charge is 0.478 e. The fraction of sp³-hybridized carbons (Fsp3) is 0.381. The third-order valence-electron chi connectivity index (χ3n) is 5.00. The van der Waals surface area contributed by atoms with Crippen LogP contribution in [0.25, 0.3) is 0 Å². The standard InChI is InChI=1S/C21H23NO5/c1-13-18(21(25)26)11-17(27-13)12-22(2)20(24)9-8-19(23)16-7-6-14-4-3-5-15(14)10-16/h6-7,10-11H,3-5,8-9,12H2,1-2H3,(H,25,26). The molecule has 2 aromatic rings. The van der Waals surface area contributed by atoms with Crippen molar-refractivity contribution in [3.8, 4) is 0 Å².